The molecule has 5 amide bonds. The summed E-state index contributed by atoms with van der Waals surface area (Å²) < 4.78 is 0. The van der Waals surface area contributed by atoms with Crippen LogP contribution < -0.4 is 10.2 Å². The van der Waals surface area contributed by atoms with Crippen LogP contribution in [-0.2, 0) is 4.79 Å². The topological polar surface area (TPSA) is 85.8 Å². The molecule has 1 atom stereocenters. The first-order valence-corrected chi connectivity index (χ1v) is 9.21. The Morgan fingerprint density at radius 3 is 2.75 bits per heavy atom. The molecule has 1 aromatic carbocycles. The predicted molar refractivity (Wildman–Crippen MR) is 104 cm³/mol. The summed E-state index contributed by atoms with van der Waals surface area (Å²) in [5.41, 5.74) is 1.85. The fourth-order valence-electron chi connectivity index (χ4n) is 3.68. The van der Waals surface area contributed by atoms with Crippen molar-refractivity contribution in [2.75, 3.05) is 30.4 Å². The Kier molecular flexibility index (Phi) is 4.68. The molecule has 2 saturated heterocycles. The first-order valence-electron chi connectivity index (χ1n) is 9.21. The van der Waals surface area contributed by atoms with Crippen LogP contribution in [0.2, 0.25) is 0 Å². The van der Waals surface area contributed by atoms with Crippen molar-refractivity contribution < 1.29 is 14.4 Å². The fraction of sp³-hybridized carbons (Fsp3) is 0.300. The van der Waals surface area contributed by atoms with Gasteiger partial charge in [0.25, 0.3) is 5.91 Å². The molecule has 8 heteroatoms. The number of rotatable bonds is 3. The zero-order chi connectivity index (χ0) is 19.7. The lowest BCUT2D eigenvalue weighted by Crippen LogP contribution is -2.35. The summed E-state index contributed by atoms with van der Waals surface area (Å²) in [6.45, 7) is 0.704. The molecule has 2 aromatic rings. The molecule has 2 aliphatic heterocycles. The van der Waals surface area contributed by atoms with Crippen LogP contribution in [0.15, 0.2) is 48.7 Å². The third-order valence-electron chi connectivity index (χ3n) is 5.04. The number of hydrogen-bond acceptors (Lipinski definition) is 4. The van der Waals surface area contributed by atoms with Crippen molar-refractivity contribution in [1.82, 2.24) is 14.8 Å². The molecule has 1 aromatic heterocycles. The molecule has 0 spiro atoms. The lowest BCUT2D eigenvalue weighted by molar-refractivity contribution is -0.116. The number of likely N-dealkylation sites (tertiary alicyclic amines) is 1. The standard InChI is InChI=1S/C20H21N5O3/c1-23-13-18(26)25(20(23)28)15-7-4-6-14(12-15)22-19(27)24-11-5-9-17(24)16-8-2-3-10-21-16/h2-4,6-8,10,12,17H,5,9,11,13H2,1H3,(H,22,27)/t17-/m0/s1. The number of anilines is 2. The number of carbonyl (C=O) groups excluding carboxylic acids is 3. The van der Waals surface area contributed by atoms with E-state index in [4.69, 9.17) is 0 Å². The Bertz CT molecular complexity index is 917. The smallest absolute Gasteiger partial charge is 0.318 e. The minimum absolute atomic E-state index is 0.0505. The van der Waals surface area contributed by atoms with Gasteiger partial charge in [-0.1, -0.05) is 12.1 Å². The summed E-state index contributed by atoms with van der Waals surface area (Å²) in [7, 11) is 1.58. The van der Waals surface area contributed by atoms with Gasteiger partial charge in [0, 0.05) is 25.5 Å². The van der Waals surface area contributed by atoms with Crippen molar-refractivity contribution in [1.29, 1.82) is 0 Å². The fourth-order valence-corrected chi connectivity index (χ4v) is 3.68. The second kappa shape index (κ2) is 7.30. The molecule has 0 bridgehead atoms. The minimum atomic E-state index is -0.372. The van der Waals surface area contributed by atoms with E-state index < -0.39 is 0 Å². The Balaban J connectivity index is 1.51. The zero-order valence-electron chi connectivity index (χ0n) is 15.5. The highest BCUT2D eigenvalue weighted by atomic mass is 16.2. The number of amides is 5. The van der Waals surface area contributed by atoms with Crippen LogP contribution in [0.5, 0.6) is 0 Å². The molecular formula is C20H21N5O3. The summed E-state index contributed by atoms with van der Waals surface area (Å²) in [5, 5.41) is 2.88. The monoisotopic (exact) mass is 379 g/mol. The molecule has 1 N–H and O–H groups in total. The van der Waals surface area contributed by atoms with Gasteiger partial charge in [-0.15, -0.1) is 0 Å². The van der Waals surface area contributed by atoms with Crippen molar-refractivity contribution >= 4 is 29.3 Å². The van der Waals surface area contributed by atoms with E-state index in [9.17, 15) is 14.4 Å². The lowest BCUT2D eigenvalue weighted by Gasteiger charge is -2.25. The van der Waals surface area contributed by atoms with Gasteiger partial charge in [0.1, 0.15) is 6.54 Å². The highest BCUT2D eigenvalue weighted by molar-refractivity contribution is 6.19. The van der Waals surface area contributed by atoms with E-state index in [1.54, 1.807) is 42.4 Å². The normalized spacial score (nSPS) is 19.5. The quantitative estimate of drug-likeness (QED) is 0.831. The zero-order valence-corrected chi connectivity index (χ0v) is 15.5. The van der Waals surface area contributed by atoms with E-state index in [-0.39, 0.29) is 30.6 Å². The number of imide groups is 1. The highest BCUT2D eigenvalue weighted by Crippen LogP contribution is 2.31. The van der Waals surface area contributed by atoms with Crippen molar-refractivity contribution in [2.45, 2.75) is 18.9 Å². The van der Waals surface area contributed by atoms with Gasteiger partial charge in [0.15, 0.2) is 0 Å². The third-order valence-corrected chi connectivity index (χ3v) is 5.04. The molecule has 2 aliphatic rings. The number of aromatic nitrogens is 1. The molecule has 8 nitrogen and oxygen atoms in total. The number of hydrogen-bond donors (Lipinski definition) is 1. The van der Waals surface area contributed by atoms with Gasteiger partial charge < -0.3 is 15.1 Å². The summed E-state index contributed by atoms with van der Waals surface area (Å²) in [5.74, 6) is -0.286. The number of pyridine rings is 1. The maximum atomic E-state index is 12.8. The van der Waals surface area contributed by atoms with E-state index in [0.717, 1.165) is 23.4 Å². The molecule has 0 saturated carbocycles. The molecule has 0 unspecified atom stereocenters. The third kappa shape index (κ3) is 3.28. The van der Waals surface area contributed by atoms with Crippen LogP contribution in [-0.4, -0.2) is 52.9 Å². The van der Waals surface area contributed by atoms with Gasteiger partial charge in [-0.2, -0.15) is 0 Å². The Labute approximate surface area is 162 Å². The predicted octanol–water partition coefficient (Wildman–Crippen LogP) is 2.85. The second-order valence-electron chi connectivity index (χ2n) is 6.95. The number of likely N-dealkylation sites (N-methyl/N-ethyl adjacent to an activating group) is 1. The van der Waals surface area contributed by atoms with Gasteiger partial charge in [0.2, 0.25) is 0 Å². The molecule has 144 valence electrons. The molecule has 0 aliphatic carbocycles. The average molecular weight is 379 g/mol. The number of nitrogens with one attached hydrogen (secondary N) is 1. The second-order valence-corrected chi connectivity index (χ2v) is 6.95. The maximum Gasteiger partial charge on any atom is 0.331 e. The van der Waals surface area contributed by atoms with E-state index in [1.165, 1.54) is 4.90 Å². The lowest BCUT2D eigenvalue weighted by atomic mass is 10.1. The Morgan fingerprint density at radius 1 is 1.18 bits per heavy atom. The van der Waals surface area contributed by atoms with E-state index >= 15 is 0 Å². The number of nitrogens with zero attached hydrogens (tertiary/aromatic N) is 4. The van der Waals surface area contributed by atoms with Crippen LogP contribution >= 0.6 is 0 Å². The van der Waals surface area contributed by atoms with Crippen LogP contribution in [0.4, 0.5) is 21.0 Å². The average Bonchev–Trinajstić information content (AvgIpc) is 3.28. The van der Waals surface area contributed by atoms with Crippen LogP contribution in [0.25, 0.3) is 0 Å². The van der Waals surface area contributed by atoms with Gasteiger partial charge in [-0.25, -0.2) is 14.5 Å². The largest absolute Gasteiger partial charge is 0.331 e. The summed E-state index contributed by atoms with van der Waals surface area (Å²) in [4.78, 5) is 45.8. The van der Waals surface area contributed by atoms with E-state index in [0.29, 0.717) is 17.9 Å². The van der Waals surface area contributed by atoms with Crippen LogP contribution in [0, 0.1) is 0 Å². The number of carbonyl (C=O) groups is 3. The number of urea groups is 2. The summed E-state index contributed by atoms with van der Waals surface area (Å²) in [6, 6.07) is 11.8. The van der Waals surface area contributed by atoms with Gasteiger partial charge in [-0.05, 0) is 43.2 Å². The van der Waals surface area contributed by atoms with Crippen molar-refractivity contribution in [3.8, 4) is 0 Å². The Hall–Kier alpha value is -3.42. The van der Waals surface area contributed by atoms with Gasteiger partial charge in [-0.3, -0.25) is 9.78 Å². The van der Waals surface area contributed by atoms with Gasteiger partial charge >= 0.3 is 12.1 Å². The van der Waals surface area contributed by atoms with Crippen molar-refractivity contribution in [3.63, 3.8) is 0 Å². The van der Waals surface area contributed by atoms with Crippen LogP contribution in [0.1, 0.15) is 24.6 Å². The molecule has 2 fully saturated rings. The first kappa shape index (κ1) is 18.0. The number of benzene rings is 1. The van der Waals surface area contributed by atoms with Crippen molar-refractivity contribution in [2.24, 2.45) is 0 Å². The van der Waals surface area contributed by atoms with Gasteiger partial charge in [0.05, 0.1) is 17.4 Å². The summed E-state index contributed by atoms with van der Waals surface area (Å²) >= 11 is 0. The van der Waals surface area contributed by atoms with E-state index in [1.807, 2.05) is 18.2 Å². The minimum Gasteiger partial charge on any atom is -0.318 e. The van der Waals surface area contributed by atoms with Crippen molar-refractivity contribution in [3.05, 3.63) is 54.4 Å². The highest BCUT2D eigenvalue weighted by Gasteiger charge is 2.35. The molecule has 28 heavy (non-hydrogen) atoms. The SMILES string of the molecule is CN1CC(=O)N(c2cccc(NC(=O)N3CCC[C@H]3c3ccccn3)c2)C1=O. The maximum absolute atomic E-state index is 12.8. The van der Waals surface area contributed by atoms with Crippen LogP contribution in [0.3, 0.4) is 0 Å². The van der Waals surface area contributed by atoms with E-state index in [2.05, 4.69) is 10.3 Å². The Morgan fingerprint density at radius 2 is 2.04 bits per heavy atom. The molecule has 4 rings (SSSR count). The first-order chi connectivity index (χ1) is 13.5. The summed E-state index contributed by atoms with van der Waals surface area (Å²) in [6.07, 6.45) is 3.51. The molecule has 3 heterocycles. The molecule has 0 radical (unpaired) electrons. The molecular weight excluding hydrogens is 358 g/mol.